The molecular weight excluding hydrogens is 232 g/mol. The number of amides is 1. The molecule has 18 heavy (non-hydrogen) atoms. The first-order valence-corrected chi connectivity index (χ1v) is 6.94. The van der Waals surface area contributed by atoms with Gasteiger partial charge in [-0.1, -0.05) is 6.92 Å². The van der Waals surface area contributed by atoms with Gasteiger partial charge < -0.3 is 20.5 Å². The van der Waals surface area contributed by atoms with Crippen molar-refractivity contribution in [1.29, 1.82) is 0 Å². The Kier molecular flexibility index (Phi) is 4.25. The number of nitrogens with one attached hydrogen (secondary N) is 2. The van der Waals surface area contributed by atoms with Crippen LogP contribution in [0.2, 0.25) is 0 Å². The summed E-state index contributed by atoms with van der Waals surface area (Å²) in [5, 5.41) is 16.5. The summed E-state index contributed by atoms with van der Waals surface area (Å²) in [6, 6.07) is 0. The van der Waals surface area contributed by atoms with Crippen LogP contribution in [0.1, 0.15) is 39.0 Å². The van der Waals surface area contributed by atoms with Gasteiger partial charge in [-0.25, -0.2) is 0 Å². The molecule has 1 unspecified atom stereocenters. The fourth-order valence-corrected chi connectivity index (χ4v) is 2.80. The quantitative estimate of drug-likeness (QED) is 0.671. The minimum Gasteiger partial charge on any atom is -0.388 e. The van der Waals surface area contributed by atoms with E-state index in [1.807, 2.05) is 6.92 Å². The van der Waals surface area contributed by atoms with Crippen LogP contribution in [0.5, 0.6) is 0 Å². The van der Waals surface area contributed by atoms with E-state index in [0.29, 0.717) is 32.6 Å². The molecule has 0 aliphatic carbocycles. The van der Waals surface area contributed by atoms with Crippen molar-refractivity contribution in [3.63, 3.8) is 0 Å². The van der Waals surface area contributed by atoms with Gasteiger partial charge in [0.15, 0.2) is 0 Å². The molecule has 0 aromatic carbocycles. The zero-order valence-electron chi connectivity index (χ0n) is 11.1. The van der Waals surface area contributed by atoms with Gasteiger partial charge in [0.2, 0.25) is 5.91 Å². The minimum absolute atomic E-state index is 0.0300. The maximum Gasteiger partial charge on any atom is 0.240 e. The SMILES string of the molecule is CCC1(C(=O)NCC2(O)CCOCC2)CCCN1. The third-order valence-electron chi connectivity index (χ3n) is 4.28. The highest BCUT2D eigenvalue weighted by atomic mass is 16.5. The Balaban J connectivity index is 1.87. The van der Waals surface area contributed by atoms with Crippen LogP contribution in [0, 0.1) is 0 Å². The highest BCUT2D eigenvalue weighted by molar-refractivity contribution is 5.86. The Labute approximate surface area is 108 Å². The first-order valence-electron chi connectivity index (χ1n) is 6.94. The summed E-state index contributed by atoms with van der Waals surface area (Å²) in [6.45, 7) is 4.41. The van der Waals surface area contributed by atoms with Crippen LogP contribution < -0.4 is 10.6 Å². The Morgan fingerprint density at radius 3 is 2.67 bits per heavy atom. The molecule has 1 amide bonds. The second-order valence-electron chi connectivity index (χ2n) is 5.49. The summed E-state index contributed by atoms with van der Waals surface area (Å²) < 4.78 is 5.23. The van der Waals surface area contributed by atoms with Gasteiger partial charge in [-0.2, -0.15) is 0 Å². The first kappa shape index (κ1) is 13.8. The molecule has 2 saturated heterocycles. The summed E-state index contributed by atoms with van der Waals surface area (Å²) >= 11 is 0. The largest absolute Gasteiger partial charge is 0.388 e. The van der Waals surface area contributed by atoms with Crippen molar-refractivity contribution in [1.82, 2.24) is 10.6 Å². The van der Waals surface area contributed by atoms with Crippen molar-refractivity contribution < 1.29 is 14.6 Å². The number of hydrogen-bond donors (Lipinski definition) is 3. The molecule has 1 atom stereocenters. The molecular formula is C13H24N2O3. The summed E-state index contributed by atoms with van der Waals surface area (Å²) in [4.78, 5) is 12.3. The highest BCUT2D eigenvalue weighted by Gasteiger charge is 2.40. The normalized spacial score (nSPS) is 31.2. The van der Waals surface area contributed by atoms with Crippen LogP contribution >= 0.6 is 0 Å². The molecule has 0 aromatic heterocycles. The lowest BCUT2D eigenvalue weighted by atomic mass is 9.91. The summed E-state index contributed by atoms with van der Waals surface area (Å²) in [6.07, 6.45) is 3.91. The molecule has 2 rings (SSSR count). The summed E-state index contributed by atoms with van der Waals surface area (Å²) in [5.41, 5.74) is -1.21. The molecule has 5 heteroatoms. The third kappa shape index (κ3) is 2.84. The number of aliphatic hydroxyl groups is 1. The van der Waals surface area contributed by atoms with Crippen molar-refractivity contribution in [2.45, 2.75) is 50.2 Å². The summed E-state index contributed by atoms with van der Waals surface area (Å²) in [7, 11) is 0. The van der Waals surface area contributed by atoms with E-state index in [0.717, 1.165) is 25.8 Å². The zero-order chi connectivity index (χ0) is 13.1. The molecule has 5 nitrogen and oxygen atoms in total. The number of ether oxygens (including phenoxy) is 1. The lowest BCUT2D eigenvalue weighted by Crippen LogP contribution is -2.56. The van der Waals surface area contributed by atoms with E-state index >= 15 is 0 Å². The van der Waals surface area contributed by atoms with Gasteiger partial charge in [0.05, 0.1) is 11.1 Å². The average Bonchev–Trinajstić information content (AvgIpc) is 2.87. The molecule has 2 heterocycles. The standard InChI is InChI=1S/C13H24N2O3/c1-2-13(4-3-7-15-13)11(16)14-10-12(17)5-8-18-9-6-12/h15,17H,2-10H2,1H3,(H,14,16). The van der Waals surface area contributed by atoms with Gasteiger partial charge in [-0.3, -0.25) is 4.79 Å². The lowest BCUT2D eigenvalue weighted by Gasteiger charge is -2.34. The van der Waals surface area contributed by atoms with Gasteiger partial charge in [0, 0.05) is 32.6 Å². The number of hydrogen-bond acceptors (Lipinski definition) is 4. The van der Waals surface area contributed by atoms with E-state index in [4.69, 9.17) is 4.74 Å². The van der Waals surface area contributed by atoms with Crippen LogP contribution in [0.25, 0.3) is 0 Å². The molecule has 0 radical (unpaired) electrons. The maximum atomic E-state index is 12.3. The molecule has 3 N–H and O–H groups in total. The van der Waals surface area contributed by atoms with E-state index < -0.39 is 11.1 Å². The highest BCUT2D eigenvalue weighted by Crippen LogP contribution is 2.24. The minimum atomic E-state index is -0.790. The van der Waals surface area contributed by atoms with Crippen molar-refractivity contribution >= 4 is 5.91 Å². The molecule has 104 valence electrons. The number of carbonyl (C=O) groups excluding carboxylic acids is 1. The van der Waals surface area contributed by atoms with Crippen LogP contribution in [0.3, 0.4) is 0 Å². The Hall–Kier alpha value is -0.650. The van der Waals surface area contributed by atoms with E-state index in [1.165, 1.54) is 0 Å². The molecule has 2 aliphatic rings. The van der Waals surface area contributed by atoms with Gasteiger partial charge >= 0.3 is 0 Å². The van der Waals surface area contributed by atoms with E-state index in [1.54, 1.807) is 0 Å². The predicted octanol–water partition coefficient (Wildman–Crippen LogP) is 0.176. The van der Waals surface area contributed by atoms with Gasteiger partial charge in [0.1, 0.15) is 0 Å². The van der Waals surface area contributed by atoms with Crippen molar-refractivity contribution in [2.24, 2.45) is 0 Å². The monoisotopic (exact) mass is 256 g/mol. The average molecular weight is 256 g/mol. The van der Waals surface area contributed by atoms with E-state index in [2.05, 4.69) is 10.6 Å². The Morgan fingerprint density at radius 2 is 2.11 bits per heavy atom. The molecule has 0 aromatic rings. The summed E-state index contributed by atoms with van der Waals surface area (Å²) in [5.74, 6) is 0.0300. The fraction of sp³-hybridized carbons (Fsp3) is 0.923. The van der Waals surface area contributed by atoms with Crippen molar-refractivity contribution in [3.8, 4) is 0 Å². The van der Waals surface area contributed by atoms with Gasteiger partial charge in [-0.15, -0.1) is 0 Å². The third-order valence-corrected chi connectivity index (χ3v) is 4.28. The predicted molar refractivity (Wildman–Crippen MR) is 68.3 cm³/mol. The van der Waals surface area contributed by atoms with Crippen LogP contribution in [0.4, 0.5) is 0 Å². The molecule has 0 spiro atoms. The van der Waals surface area contributed by atoms with Crippen LogP contribution in [-0.4, -0.2) is 48.5 Å². The fourth-order valence-electron chi connectivity index (χ4n) is 2.80. The van der Waals surface area contributed by atoms with E-state index in [-0.39, 0.29) is 5.91 Å². The lowest BCUT2D eigenvalue weighted by molar-refractivity contribution is -0.130. The molecule has 2 aliphatic heterocycles. The van der Waals surface area contributed by atoms with Gasteiger partial charge in [0.25, 0.3) is 0 Å². The van der Waals surface area contributed by atoms with Crippen molar-refractivity contribution in [2.75, 3.05) is 26.3 Å². The smallest absolute Gasteiger partial charge is 0.240 e. The van der Waals surface area contributed by atoms with Crippen molar-refractivity contribution in [3.05, 3.63) is 0 Å². The molecule has 2 fully saturated rings. The molecule has 0 saturated carbocycles. The first-order chi connectivity index (χ1) is 8.60. The van der Waals surface area contributed by atoms with Crippen LogP contribution in [0.15, 0.2) is 0 Å². The van der Waals surface area contributed by atoms with E-state index in [9.17, 15) is 9.90 Å². The second-order valence-corrected chi connectivity index (χ2v) is 5.49. The van der Waals surface area contributed by atoms with Crippen LogP contribution in [-0.2, 0) is 9.53 Å². The Morgan fingerprint density at radius 1 is 1.39 bits per heavy atom. The molecule has 0 bridgehead atoms. The number of rotatable bonds is 4. The topological polar surface area (TPSA) is 70.6 Å². The maximum absolute atomic E-state index is 12.3. The Bertz CT molecular complexity index is 295. The second kappa shape index (κ2) is 5.55. The van der Waals surface area contributed by atoms with Gasteiger partial charge in [-0.05, 0) is 25.8 Å². The number of carbonyl (C=O) groups is 1. The zero-order valence-corrected chi connectivity index (χ0v) is 11.1.